The van der Waals surface area contributed by atoms with E-state index >= 15 is 0 Å². The van der Waals surface area contributed by atoms with Gasteiger partial charge in [0.25, 0.3) is 5.91 Å². The van der Waals surface area contributed by atoms with Crippen molar-refractivity contribution in [2.45, 2.75) is 20.4 Å². The van der Waals surface area contributed by atoms with Crippen molar-refractivity contribution < 1.29 is 4.79 Å². The summed E-state index contributed by atoms with van der Waals surface area (Å²) in [5, 5.41) is 0.694. The second-order valence-electron chi connectivity index (χ2n) is 6.54. The Balaban J connectivity index is 1.82. The number of aromatic nitrogens is 2. The topological polar surface area (TPSA) is 46.1 Å². The molecule has 0 aliphatic carbocycles. The number of rotatable bonds is 4. The molecule has 0 aliphatic rings. The average Bonchev–Trinajstić information content (AvgIpc) is 3.14. The minimum Gasteiger partial charge on any atom is -0.278 e. The van der Waals surface area contributed by atoms with Crippen LogP contribution >= 0.6 is 33.9 Å². The molecular weight excluding hydrogens is 481 g/mol. The molecule has 2 aromatic heterocycles. The average molecular weight is 499 g/mol. The van der Waals surface area contributed by atoms with Crippen molar-refractivity contribution in [3.8, 4) is 0 Å². The molecule has 140 valence electrons. The molecule has 0 unspecified atom stereocenters. The SMILES string of the molecule is Cc1ccc2sc(N(Cc3ccccn3)C(=O)c3ccccc3I)nc2c1C. The minimum absolute atomic E-state index is 0.0657. The number of hydrogen-bond donors (Lipinski definition) is 0. The lowest BCUT2D eigenvalue weighted by Crippen LogP contribution is -2.31. The van der Waals surface area contributed by atoms with Gasteiger partial charge in [0, 0.05) is 9.77 Å². The lowest BCUT2D eigenvalue weighted by atomic mass is 10.1. The molecule has 4 aromatic rings. The normalized spacial score (nSPS) is 11.0. The highest BCUT2D eigenvalue weighted by atomic mass is 127. The molecule has 0 bridgehead atoms. The van der Waals surface area contributed by atoms with Gasteiger partial charge in [0.15, 0.2) is 5.13 Å². The summed E-state index contributed by atoms with van der Waals surface area (Å²) in [6.45, 7) is 4.53. The van der Waals surface area contributed by atoms with Crippen molar-refractivity contribution in [3.63, 3.8) is 0 Å². The number of benzene rings is 2. The molecule has 0 radical (unpaired) electrons. The number of carbonyl (C=O) groups is 1. The maximum atomic E-state index is 13.5. The van der Waals surface area contributed by atoms with Crippen molar-refractivity contribution in [2.24, 2.45) is 0 Å². The van der Waals surface area contributed by atoms with Crippen LogP contribution in [0.25, 0.3) is 10.2 Å². The fourth-order valence-corrected chi connectivity index (χ4v) is 4.63. The number of fused-ring (bicyclic) bond motifs is 1. The summed E-state index contributed by atoms with van der Waals surface area (Å²) in [6.07, 6.45) is 1.75. The van der Waals surface area contributed by atoms with Gasteiger partial charge in [-0.3, -0.25) is 14.7 Å². The number of anilines is 1. The van der Waals surface area contributed by atoms with Crippen molar-refractivity contribution in [1.82, 2.24) is 9.97 Å². The molecule has 0 aliphatic heterocycles. The number of nitrogens with zero attached hydrogens (tertiary/aromatic N) is 3. The van der Waals surface area contributed by atoms with Crippen molar-refractivity contribution in [2.75, 3.05) is 4.90 Å². The zero-order valence-electron chi connectivity index (χ0n) is 15.5. The number of amides is 1. The van der Waals surface area contributed by atoms with Gasteiger partial charge in [0.2, 0.25) is 0 Å². The van der Waals surface area contributed by atoms with Gasteiger partial charge in [0.05, 0.1) is 28.0 Å². The van der Waals surface area contributed by atoms with E-state index in [2.05, 4.69) is 53.6 Å². The van der Waals surface area contributed by atoms with E-state index in [9.17, 15) is 4.79 Å². The fraction of sp³-hybridized carbons (Fsp3) is 0.136. The zero-order valence-corrected chi connectivity index (χ0v) is 18.5. The first-order valence-corrected chi connectivity index (χ1v) is 10.8. The Bertz CT molecular complexity index is 1160. The van der Waals surface area contributed by atoms with Gasteiger partial charge < -0.3 is 0 Å². The third-order valence-electron chi connectivity index (χ3n) is 4.70. The summed E-state index contributed by atoms with van der Waals surface area (Å²) in [5.41, 5.74) is 4.81. The van der Waals surface area contributed by atoms with Crippen LogP contribution < -0.4 is 4.90 Å². The van der Waals surface area contributed by atoms with Crippen LogP contribution in [0.2, 0.25) is 0 Å². The smallest absolute Gasteiger partial charge is 0.261 e. The van der Waals surface area contributed by atoms with Crippen LogP contribution in [0.4, 0.5) is 5.13 Å². The molecule has 2 heterocycles. The summed E-state index contributed by atoms with van der Waals surface area (Å²) >= 11 is 3.74. The van der Waals surface area contributed by atoms with Gasteiger partial charge in [-0.05, 0) is 77.9 Å². The monoisotopic (exact) mass is 499 g/mol. The van der Waals surface area contributed by atoms with Crippen LogP contribution in [-0.4, -0.2) is 15.9 Å². The van der Waals surface area contributed by atoms with E-state index in [0.29, 0.717) is 17.2 Å². The second kappa shape index (κ2) is 7.97. The van der Waals surface area contributed by atoms with Crippen LogP contribution in [0.3, 0.4) is 0 Å². The number of hydrogen-bond acceptors (Lipinski definition) is 4. The molecule has 0 fully saturated rings. The maximum Gasteiger partial charge on any atom is 0.261 e. The molecular formula is C22H18IN3OS. The molecule has 0 saturated heterocycles. The van der Waals surface area contributed by atoms with Gasteiger partial charge in [-0.2, -0.15) is 0 Å². The van der Waals surface area contributed by atoms with Crippen LogP contribution in [0, 0.1) is 17.4 Å². The summed E-state index contributed by atoms with van der Waals surface area (Å²) in [4.78, 5) is 24.4. The van der Waals surface area contributed by atoms with Crippen LogP contribution in [0.5, 0.6) is 0 Å². The predicted molar refractivity (Wildman–Crippen MR) is 123 cm³/mol. The quantitative estimate of drug-likeness (QED) is 0.336. The first-order valence-electron chi connectivity index (χ1n) is 8.87. The Labute approximate surface area is 181 Å². The highest BCUT2D eigenvalue weighted by molar-refractivity contribution is 14.1. The number of halogens is 1. The summed E-state index contributed by atoms with van der Waals surface area (Å²) in [5.74, 6) is -0.0657. The maximum absolute atomic E-state index is 13.5. The fourth-order valence-electron chi connectivity index (χ4n) is 2.99. The zero-order chi connectivity index (χ0) is 19.7. The predicted octanol–water partition coefficient (Wildman–Crippen LogP) is 5.76. The molecule has 6 heteroatoms. The van der Waals surface area contributed by atoms with E-state index in [1.54, 1.807) is 22.4 Å². The summed E-state index contributed by atoms with van der Waals surface area (Å²) < 4.78 is 2.00. The molecule has 4 nitrogen and oxygen atoms in total. The Hall–Kier alpha value is -2.32. The third-order valence-corrected chi connectivity index (χ3v) is 6.68. The lowest BCUT2D eigenvalue weighted by molar-refractivity contribution is 0.0984. The lowest BCUT2D eigenvalue weighted by Gasteiger charge is -2.20. The molecule has 0 saturated carbocycles. The van der Waals surface area contributed by atoms with Crippen molar-refractivity contribution in [3.05, 3.63) is 86.7 Å². The van der Waals surface area contributed by atoms with E-state index in [-0.39, 0.29) is 5.91 Å². The van der Waals surface area contributed by atoms with Crippen molar-refractivity contribution >= 4 is 55.2 Å². The molecule has 0 spiro atoms. The molecule has 28 heavy (non-hydrogen) atoms. The van der Waals surface area contributed by atoms with E-state index in [4.69, 9.17) is 4.98 Å². The molecule has 4 rings (SSSR count). The van der Waals surface area contributed by atoms with Gasteiger partial charge in [-0.1, -0.05) is 35.6 Å². The molecule has 1 amide bonds. The Morgan fingerprint density at radius 3 is 2.61 bits per heavy atom. The number of pyridine rings is 1. The number of aryl methyl sites for hydroxylation is 2. The van der Waals surface area contributed by atoms with E-state index in [0.717, 1.165) is 25.0 Å². The van der Waals surface area contributed by atoms with Crippen molar-refractivity contribution in [1.29, 1.82) is 0 Å². The van der Waals surface area contributed by atoms with Crippen LogP contribution in [0.1, 0.15) is 27.2 Å². The van der Waals surface area contributed by atoms with Gasteiger partial charge in [-0.15, -0.1) is 0 Å². The number of thiazole rings is 1. The summed E-state index contributed by atoms with van der Waals surface area (Å²) in [6, 6.07) is 17.5. The van der Waals surface area contributed by atoms with E-state index < -0.39 is 0 Å². The Kier molecular flexibility index (Phi) is 5.41. The van der Waals surface area contributed by atoms with E-state index in [1.165, 1.54) is 5.56 Å². The highest BCUT2D eigenvalue weighted by Crippen LogP contribution is 2.33. The molecule has 2 aromatic carbocycles. The Morgan fingerprint density at radius 1 is 1.07 bits per heavy atom. The number of carbonyl (C=O) groups excluding carboxylic acids is 1. The highest BCUT2D eigenvalue weighted by Gasteiger charge is 2.24. The summed E-state index contributed by atoms with van der Waals surface area (Å²) in [7, 11) is 0. The first-order chi connectivity index (χ1) is 13.5. The minimum atomic E-state index is -0.0657. The van der Waals surface area contributed by atoms with Crippen LogP contribution in [0.15, 0.2) is 60.8 Å². The Morgan fingerprint density at radius 2 is 1.86 bits per heavy atom. The van der Waals surface area contributed by atoms with Gasteiger partial charge in [0.1, 0.15) is 0 Å². The third kappa shape index (κ3) is 3.66. The van der Waals surface area contributed by atoms with E-state index in [1.807, 2.05) is 42.5 Å². The van der Waals surface area contributed by atoms with Gasteiger partial charge >= 0.3 is 0 Å². The largest absolute Gasteiger partial charge is 0.278 e. The second-order valence-corrected chi connectivity index (χ2v) is 8.71. The standard InChI is InChI=1S/C22H18IN3OS/c1-14-10-11-19-20(15(14)2)25-22(28-19)26(13-16-7-5-6-12-24-16)21(27)17-8-3-4-9-18(17)23/h3-12H,13H2,1-2H3. The molecule has 0 N–H and O–H groups in total. The van der Waals surface area contributed by atoms with Crippen LogP contribution in [-0.2, 0) is 6.54 Å². The molecule has 0 atom stereocenters. The van der Waals surface area contributed by atoms with Gasteiger partial charge in [-0.25, -0.2) is 4.98 Å². The first kappa shape index (κ1) is 19.0.